The minimum Gasteiger partial charge on any atom is -0.491 e. The lowest BCUT2D eigenvalue weighted by Crippen LogP contribution is -1.98. The van der Waals surface area contributed by atoms with Crippen LogP contribution < -0.4 is 4.74 Å². The molecule has 0 aliphatic heterocycles. The van der Waals surface area contributed by atoms with Gasteiger partial charge in [-0.3, -0.25) is 0 Å². The highest BCUT2D eigenvalue weighted by Crippen LogP contribution is 2.27. The molecule has 0 aromatic heterocycles. The fraction of sp³-hybridized carbons (Fsp3) is 0.250. The van der Waals surface area contributed by atoms with Crippen LogP contribution in [0.1, 0.15) is 0 Å². The van der Waals surface area contributed by atoms with Gasteiger partial charge in [0, 0.05) is 5.02 Å². The molecule has 1 aromatic carbocycles. The maximum absolute atomic E-state index is 5.74. The van der Waals surface area contributed by atoms with Gasteiger partial charge in [-0.25, -0.2) is 0 Å². The van der Waals surface area contributed by atoms with E-state index in [1.807, 2.05) is 0 Å². The first-order valence-corrected chi connectivity index (χ1v) is 5.08. The van der Waals surface area contributed by atoms with Crippen LogP contribution in [0.4, 0.5) is 0 Å². The predicted molar refractivity (Wildman–Crippen MR) is 55.4 cm³/mol. The normalized spacial score (nSPS) is 9.92. The third-order valence-corrected chi connectivity index (χ3v) is 2.24. The number of halogens is 3. The van der Waals surface area contributed by atoms with E-state index in [-0.39, 0.29) is 0 Å². The molecule has 0 bridgehead atoms. The number of hydrogen-bond acceptors (Lipinski definition) is 1. The van der Waals surface area contributed by atoms with E-state index in [9.17, 15) is 0 Å². The molecule has 1 rings (SSSR count). The minimum absolute atomic E-state index is 0.481. The lowest BCUT2D eigenvalue weighted by molar-refractivity contribution is 0.340. The van der Waals surface area contributed by atoms with Gasteiger partial charge in [-0.1, -0.05) is 11.6 Å². The topological polar surface area (TPSA) is 9.23 Å². The van der Waals surface area contributed by atoms with Crippen LogP contribution in [-0.4, -0.2) is 12.5 Å². The van der Waals surface area contributed by atoms with Crippen LogP contribution in [0.3, 0.4) is 0 Å². The molecule has 0 radical (unpaired) electrons. The summed E-state index contributed by atoms with van der Waals surface area (Å²) in [6.45, 7) is 0.502. The molecule has 1 nitrogen and oxygen atoms in total. The molecule has 0 fully saturated rings. The molecule has 0 aliphatic rings. The summed E-state index contributed by atoms with van der Waals surface area (Å²) < 4.78 is 6.15. The van der Waals surface area contributed by atoms with Crippen molar-refractivity contribution < 1.29 is 4.74 Å². The first-order valence-electron chi connectivity index (χ1n) is 3.38. The molecule has 1 aromatic rings. The van der Waals surface area contributed by atoms with Crippen LogP contribution in [0.25, 0.3) is 0 Å². The number of rotatable bonds is 3. The average molecular weight is 270 g/mol. The first kappa shape index (κ1) is 10.2. The van der Waals surface area contributed by atoms with E-state index in [0.29, 0.717) is 17.5 Å². The second-order valence-corrected chi connectivity index (χ2v) is 3.78. The lowest BCUT2D eigenvalue weighted by Gasteiger charge is -2.05. The van der Waals surface area contributed by atoms with Crippen LogP contribution >= 0.6 is 39.1 Å². The smallest absolute Gasteiger partial charge is 0.133 e. The maximum atomic E-state index is 5.74. The van der Waals surface area contributed by atoms with Crippen molar-refractivity contribution in [1.82, 2.24) is 0 Å². The van der Waals surface area contributed by atoms with Crippen molar-refractivity contribution in [3.63, 3.8) is 0 Å². The monoisotopic (exact) mass is 268 g/mol. The lowest BCUT2D eigenvalue weighted by atomic mass is 10.3. The number of alkyl halides is 1. The highest BCUT2D eigenvalue weighted by atomic mass is 79.9. The summed E-state index contributed by atoms with van der Waals surface area (Å²) in [6.07, 6.45) is 0. The molecule has 0 saturated heterocycles. The standard InChI is InChI=1S/C8H7BrCl2O/c9-7-5-6(11)1-2-8(7)12-4-3-10/h1-2,5H,3-4H2. The van der Waals surface area contributed by atoms with Gasteiger partial charge in [0.05, 0.1) is 10.4 Å². The van der Waals surface area contributed by atoms with Crippen molar-refractivity contribution >= 4 is 39.1 Å². The summed E-state index contributed by atoms with van der Waals surface area (Å²) in [5.74, 6) is 1.25. The van der Waals surface area contributed by atoms with Crippen molar-refractivity contribution in [2.45, 2.75) is 0 Å². The quantitative estimate of drug-likeness (QED) is 0.760. The van der Waals surface area contributed by atoms with Crippen molar-refractivity contribution in [2.75, 3.05) is 12.5 Å². The van der Waals surface area contributed by atoms with Gasteiger partial charge >= 0.3 is 0 Å². The first-order chi connectivity index (χ1) is 5.74. The van der Waals surface area contributed by atoms with E-state index < -0.39 is 0 Å². The Hall–Kier alpha value is 0.0800. The van der Waals surface area contributed by atoms with E-state index in [2.05, 4.69) is 15.9 Å². The van der Waals surface area contributed by atoms with E-state index in [1.54, 1.807) is 18.2 Å². The third kappa shape index (κ3) is 2.85. The maximum Gasteiger partial charge on any atom is 0.133 e. The highest BCUT2D eigenvalue weighted by molar-refractivity contribution is 9.10. The zero-order valence-corrected chi connectivity index (χ0v) is 9.29. The van der Waals surface area contributed by atoms with Gasteiger partial charge in [-0.05, 0) is 34.1 Å². The molecule has 0 saturated carbocycles. The van der Waals surface area contributed by atoms with Crippen molar-refractivity contribution in [1.29, 1.82) is 0 Å². The van der Waals surface area contributed by atoms with Crippen molar-refractivity contribution in [2.24, 2.45) is 0 Å². The molecule has 12 heavy (non-hydrogen) atoms. The third-order valence-electron chi connectivity index (χ3n) is 1.23. The van der Waals surface area contributed by atoms with Crippen LogP contribution in [0, 0.1) is 0 Å². The van der Waals surface area contributed by atoms with Gasteiger partial charge in [0.2, 0.25) is 0 Å². The Morgan fingerprint density at radius 1 is 1.42 bits per heavy atom. The Labute approximate surface area is 89.7 Å². The van der Waals surface area contributed by atoms with E-state index in [0.717, 1.165) is 10.2 Å². The van der Waals surface area contributed by atoms with Crippen LogP contribution in [0.15, 0.2) is 22.7 Å². The largest absolute Gasteiger partial charge is 0.491 e. The molecular weight excluding hydrogens is 263 g/mol. The average Bonchev–Trinajstić information content (AvgIpc) is 2.03. The van der Waals surface area contributed by atoms with Crippen molar-refractivity contribution in [3.8, 4) is 5.75 Å². The van der Waals surface area contributed by atoms with Crippen LogP contribution in [0.2, 0.25) is 5.02 Å². The summed E-state index contributed by atoms with van der Waals surface area (Å²) in [4.78, 5) is 0. The van der Waals surface area contributed by atoms with Gasteiger partial charge in [0.15, 0.2) is 0 Å². The molecule has 0 spiro atoms. The molecule has 0 N–H and O–H groups in total. The van der Waals surface area contributed by atoms with Crippen molar-refractivity contribution in [3.05, 3.63) is 27.7 Å². The Bertz CT molecular complexity index is 265. The summed E-state index contributed by atoms with van der Waals surface area (Å²) in [5, 5.41) is 0.681. The second-order valence-electron chi connectivity index (χ2n) is 2.11. The fourth-order valence-corrected chi connectivity index (χ4v) is 1.62. The molecule has 0 amide bonds. The van der Waals surface area contributed by atoms with Gasteiger partial charge in [-0.2, -0.15) is 0 Å². The van der Waals surface area contributed by atoms with Gasteiger partial charge < -0.3 is 4.74 Å². The zero-order valence-electron chi connectivity index (χ0n) is 6.19. The molecule has 0 aliphatic carbocycles. The Balaban J connectivity index is 2.72. The zero-order chi connectivity index (χ0) is 8.97. The summed E-state index contributed by atoms with van der Waals surface area (Å²) in [7, 11) is 0. The van der Waals surface area contributed by atoms with Crippen LogP contribution in [0.5, 0.6) is 5.75 Å². The fourth-order valence-electron chi connectivity index (χ4n) is 0.741. The molecular formula is C8H7BrCl2O. The molecule has 0 unspecified atom stereocenters. The van der Waals surface area contributed by atoms with E-state index in [4.69, 9.17) is 27.9 Å². The number of benzene rings is 1. The van der Waals surface area contributed by atoms with E-state index in [1.165, 1.54) is 0 Å². The molecule has 66 valence electrons. The Morgan fingerprint density at radius 3 is 2.75 bits per heavy atom. The number of hydrogen-bond donors (Lipinski definition) is 0. The summed E-state index contributed by atoms with van der Waals surface area (Å²) >= 11 is 14.5. The second kappa shape index (κ2) is 4.95. The van der Waals surface area contributed by atoms with Gasteiger partial charge in [0.25, 0.3) is 0 Å². The molecule has 4 heteroatoms. The minimum atomic E-state index is 0.481. The SMILES string of the molecule is ClCCOc1ccc(Cl)cc1Br. The molecule has 0 atom stereocenters. The van der Waals surface area contributed by atoms with Gasteiger partial charge in [0.1, 0.15) is 12.4 Å². The van der Waals surface area contributed by atoms with Gasteiger partial charge in [-0.15, -0.1) is 11.6 Å². The van der Waals surface area contributed by atoms with E-state index >= 15 is 0 Å². The Morgan fingerprint density at radius 2 is 2.17 bits per heavy atom. The van der Waals surface area contributed by atoms with Crippen LogP contribution in [-0.2, 0) is 0 Å². The molecule has 0 heterocycles. The summed E-state index contributed by atoms with van der Waals surface area (Å²) in [6, 6.07) is 5.36. The Kier molecular flexibility index (Phi) is 4.19. The summed E-state index contributed by atoms with van der Waals surface area (Å²) in [5.41, 5.74) is 0. The predicted octanol–water partition coefficient (Wildman–Crippen LogP) is 3.72. The highest BCUT2D eigenvalue weighted by Gasteiger charge is 2.00. The number of ether oxygens (including phenoxy) is 1.